The number of halogens is 1. The average molecular weight is 315 g/mol. The third-order valence-electron chi connectivity index (χ3n) is 3.54. The molecule has 0 aliphatic carbocycles. The van der Waals surface area contributed by atoms with Crippen LogP contribution in [0, 0.1) is 0 Å². The molecule has 2 aliphatic heterocycles. The molecule has 0 saturated carbocycles. The van der Waals surface area contributed by atoms with E-state index in [4.69, 9.17) is 25.8 Å². The van der Waals surface area contributed by atoms with Crippen molar-refractivity contribution in [3.05, 3.63) is 5.28 Å². The SMILES string of the molecule is Clc1nc(OCC2CCCCO2)nc(N2CCOCC2)n1. The number of anilines is 1. The van der Waals surface area contributed by atoms with Crippen molar-refractivity contribution < 1.29 is 14.2 Å². The Hall–Kier alpha value is -1.18. The third kappa shape index (κ3) is 4.15. The predicted molar refractivity (Wildman–Crippen MR) is 77.0 cm³/mol. The molecule has 0 spiro atoms. The van der Waals surface area contributed by atoms with Gasteiger partial charge in [0, 0.05) is 19.7 Å². The van der Waals surface area contributed by atoms with Gasteiger partial charge in [-0.3, -0.25) is 0 Å². The van der Waals surface area contributed by atoms with Crippen LogP contribution < -0.4 is 9.64 Å². The van der Waals surface area contributed by atoms with Gasteiger partial charge < -0.3 is 19.1 Å². The van der Waals surface area contributed by atoms with E-state index in [1.807, 2.05) is 4.90 Å². The Morgan fingerprint density at radius 3 is 2.76 bits per heavy atom. The van der Waals surface area contributed by atoms with Gasteiger partial charge in [0.15, 0.2) is 0 Å². The molecule has 1 aromatic heterocycles. The highest BCUT2D eigenvalue weighted by Crippen LogP contribution is 2.18. The number of aromatic nitrogens is 3. The highest BCUT2D eigenvalue weighted by molar-refractivity contribution is 6.28. The average Bonchev–Trinajstić information content (AvgIpc) is 2.54. The summed E-state index contributed by atoms with van der Waals surface area (Å²) in [5.74, 6) is 0.540. The molecule has 8 heteroatoms. The first-order chi connectivity index (χ1) is 10.3. The van der Waals surface area contributed by atoms with Gasteiger partial charge in [-0.25, -0.2) is 0 Å². The summed E-state index contributed by atoms with van der Waals surface area (Å²) in [7, 11) is 0. The minimum absolute atomic E-state index is 0.112. The summed E-state index contributed by atoms with van der Waals surface area (Å²) in [4.78, 5) is 14.5. The van der Waals surface area contributed by atoms with Crippen molar-refractivity contribution in [2.75, 3.05) is 44.4 Å². The van der Waals surface area contributed by atoms with Crippen molar-refractivity contribution in [3.8, 4) is 6.01 Å². The van der Waals surface area contributed by atoms with Crippen LogP contribution in [0.25, 0.3) is 0 Å². The highest BCUT2D eigenvalue weighted by Gasteiger charge is 2.18. The number of hydrogen-bond donors (Lipinski definition) is 0. The van der Waals surface area contributed by atoms with Gasteiger partial charge in [-0.05, 0) is 30.9 Å². The third-order valence-corrected chi connectivity index (χ3v) is 3.71. The van der Waals surface area contributed by atoms with Gasteiger partial charge in [0.25, 0.3) is 0 Å². The molecule has 2 aliphatic rings. The summed E-state index contributed by atoms with van der Waals surface area (Å²) in [6.07, 6.45) is 3.41. The summed E-state index contributed by atoms with van der Waals surface area (Å²) in [5, 5.41) is 0.144. The van der Waals surface area contributed by atoms with Crippen molar-refractivity contribution in [2.45, 2.75) is 25.4 Å². The standard InChI is InChI=1S/C13H19ClN4O3/c14-11-15-12(18-4-7-19-8-5-18)17-13(16-11)21-9-10-3-1-2-6-20-10/h10H,1-9H2. The Morgan fingerprint density at radius 2 is 2.00 bits per heavy atom. The van der Waals surface area contributed by atoms with Crippen LogP contribution in [-0.4, -0.2) is 60.6 Å². The largest absolute Gasteiger partial charge is 0.461 e. The predicted octanol–water partition coefficient (Wildman–Crippen LogP) is 1.31. The molecule has 0 radical (unpaired) electrons. The number of morpholine rings is 1. The Kier molecular flexibility index (Phi) is 5.05. The van der Waals surface area contributed by atoms with Crippen molar-refractivity contribution in [1.82, 2.24) is 15.0 Å². The summed E-state index contributed by atoms with van der Waals surface area (Å²) in [5.41, 5.74) is 0. The number of hydrogen-bond acceptors (Lipinski definition) is 7. The number of ether oxygens (including phenoxy) is 3. The molecule has 3 heterocycles. The maximum absolute atomic E-state index is 5.96. The molecule has 0 aromatic carbocycles. The van der Waals surface area contributed by atoms with E-state index in [0.717, 1.165) is 32.5 Å². The van der Waals surface area contributed by atoms with Gasteiger partial charge >= 0.3 is 6.01 Å². The molecule has 1 aromatic rings. The molecule has 21 heavy (non-hydrogen) atoms. The van der Waals surface area contributed by atoms with Crippen LogP contribution in [0.3, 0.4) is 0 Å². The molecule has 7 nitrogen and oxygen atoms in total. The second-order valence-electron chi connectivity index (χ2n) is 5.09. The minimum atomic E-state index is 0.112. The first-order valence-electron chi connectivity index (χ1n) is 7.30. The molecular weight excluding hydrogens is 296 g/mol. The van der Waals surface area contributed by atoms with Crippen LogP contribution in [0.2, 0.25) is 5.28 Å². The maximum Gasteiger partial charge on any atom is 0.322 e. The molecule has 0 N–H and O–H groups in total. The van der Waals surface area contributed by atoms with Crippen molar-refractivity contribution in [3.63, 3.8) is 0 Å². The first-order valence-corrected chi connectivity index (χ1v) is 7.68. The second kappa shape index (κ2) is 7.20. The Bertz CT molecular complexity index is 465. The topological polar surface area (TPSA) is 69.6 Å². The van der Waals surface area contributed by atoms with Crippen LogP contribution in [-0.2, 0) is 9.47 Å². The Balaban J connectivity index is 1.62. The zero-order chi connectivity index (χ0) is 14.5. The zero-order valence-electron chi connectivity index (χ0n) is 11.8. The van der Waals surface area contributed by atoms with Crippen molar-refractivity contribution in [2.24, 2.45) is 0 Å². The van der Waals surface area contributed by atoms with E-state index >= 15 is 0 Å². The summed E-state index contributed by atoms with van der Waals surface area (Å²) < 4.78 is 16.6. The van der Waals surface area contributed by atoms with Crippen LogP contribution >= 0.6 is 11.6 Å². The van der Waals surface area contributed by atoms with Crippen molar-refractivity contribution in [1.29, 1.82) is 0 Å². The highest BCUT2D eigenvalue weighted by atomic mass is 35.5. The van der Waals surface area contributed by atoms with E-state index < -0.39 is 0 Å². The van der Waals surface area contributed by atoms with Gasteiger partial charge in [0.05, 0.1) is 19.3 Å². The van der Waals surface area contributed by atoms with Crippen LogP contribution in [0.4, 0.5) is 5.95 Å². The van der Waals surface area contributed by atoms with E-state index in [2.05, 4.69) is 15.0 Å². The van der Waals surface area contributed by atoms with E-state index in [9.17, 15) is 0 Å². The summed E-state index contributed by atoms with van der Waals surface area (Å²) in [6.45, 7) is 4.05. The normalized spacial score (nSPS) is 23.1. The quantitative estimate of drug-likeness (QED) is 0.829. The van der Waals surface area contributed by atoms with Crippen LogP contribution in [0.5, 0.6) is 6.01 Å². The fourth-order valence-corrected chi connectivity index (χ4v) is 2.55. The fraction of sp³-hybridized carbons (Fsp3) is 0.769. The van der Waals surface area contributed by atoms with E-state index in [-0.39, 0.29) is 17.4 Å². The summed E-state index contributed by atoms with van der Waals surface area (Å²) in [6, 6.07) is 0.255. The van der Waals surface area contributed by atoms with E-state index in [1.54, 1.807) is 0 Å². The molecule has 116 valence electrons. The molecule has 2 fully saturated rings. The molecule has 2 saturated heterocycles. The van der Waals surface area contributed by atoms with Gasteiger partial charge in [-0.1, -0.05) is 0 Å². The lowest BCUT2D eigenvalue weighted by atomic mass is 10.1. The smallest absolute Gasteiger partial charge is 0.322 e. The van der Waals surface area contributed by atoms with E-state index in [0.29, 0.717) is 25.8 Å². The first kappa shape index (κ1) is 14.7. The van der Waals surface area contributed by atoms with Gasteiger partial charge in [-0.15, -0.1) is 0 Å². The monoisotopic (exact) mass is 314 g/mol. The van der Waals surface area contributed by atoms with Crippen LogP contribution in [0.15, 0.2) is 0 Å². The Labute approximate surface area is 128 Å². The lowest BCUT2D eigenvalue weighted by molar-refractivity contribution is -0.0129. The number of nitrogens with zero attached hydrogens (tertiary/aromatic N) is 4. The fourth-order valence-electron chi connectivity index (χ4n) is 2.40. The van der Waals surface area contributed by atoms with Gasteiger partial charge in [0.2, 0.25) is 11.2 Å². The Morgan fingerprint density at radius 1 is 1.14 bits per heavy atom. The zero-order valence-corrected chi connectivity index (χ0v) is 12.6. The number of rotatable bonds is 4. The second-order valence-corrected chi connectivity index (χ2v) is 5.42. The lowest BCUT2D eigenvalue weighted by Gasteiger charge is -2.27. The summed E-state index contributed by atoms with van der Waals surface area (Å²) >= 11 is 5.96. The van der Waals surface area contributed by atoms with Gasteiger partial charge in [0.1, 0.15) is 6.61 Å². The molecular formula is C13H19ClN4O3. The minimum Gasteiger partial charge on any atom is -0.461 e. The molecule has 1 unspecified atom stereocenters. The molecule has 3 rings (SSSR count). The molecule has 1 atom stereocenters. The molecule has 0 amide bonds. The lowest BCUT2D eigenvalue weighted by Crippen LogP contribution is -2.37. The maximum atomic E-state index is 5.96. The van der Waals surface area contributed by atoms with Gasteiger partial charge in [-0.2, -0.15) is 15.0 Å². The van der Waals surface area contributed by atoms with E-state index in [1.165, 1.54) is 6.42 Å². The molecule has 0 bridgehead atoms. The van der Waals surface area contributed by atoms with Crippen LogP contribution in [0.1, 0.15) is 19.3 Å². The van der Waals surface area contributed by atoms with Crippen molar-refractivity contribution >= 4 is 17.5 Å².